The molecule has 1 N–H and O–H groups in total. The maximum Gasteiger partial charge on any atom is 0.260 e. The van der Waals surface area contributed by atoms with Gasteiger partial charge in [-0.1, -0.05) is 0 Å². The summed E-state index contributed by atoms with van der Waals surface area (Å²) in [6.45, 7) is 0. The van der Waals surface area contributed by atoms with Crippen molar-refractivity contribution in [3.63, 3.8) is 0 Å². The second kappa shape index (κ2) is 4.40. The van der Waals surface area contributed by atoms with Crippen molar-refractivity contribution in [2.75, 3.05) is 5.32 Å². The molecule has 0 spiro atoms. The highest BCUT2D eigenvalue weighted by Crippen LogP contribution is 2.07. The quantitative estimate of drug-likeness (QED) is 0.899. The number of nitrogens with one attached hydrogen (secondary N) is 1. The van der Waals surface area contributed by atoms with Crippen LogP contribution in [0, 0.1) is 0 Å². The summed E-state index contributed by atoms with van der Waals surface area (Å²) in [5, 5.41) is 6.52. The van der Waals surface area contributed by atoms with Crippen LogP contribution < -0.4 is 5.32 Å². The molecule has 16 heavy (non-hydrogen) atoms. The first-order chi connectivity index (χ1) is 7.65. The summed E-state index contributed by atoms with van der Waals surface area (Å²) in [6.07, 6.45) is 6.10. The molecule has 0 unspecified atom stereocenters. The molecule has 82 valence electrons. The van der Waals surface area contributed by atoms with Crippen LogP contribution in [0.1, 0.15) is 10.4 Å². The van der Waals surface area contributed by atoms with Crippen molar-refractivity contribution in [2.45, 2.75) is 0 Å². The first-order valence-corrected chi connectivity index (χ1v) is 5.22. The molecule has 0 atom stereocenters. The molecule has 2 aromatic heterocycles. The van der Waals surface area contributed by atoms with E-state index < -0.39 is 0 Å². The van der Waals surface area contributed by atoms with Crippen LogP contribution in [0.2, 0.25) is 0 Å². The molecule has 6 nitrogen and oxygen atoms in total. The van der Waals surface area contributed by atoms with Gasteiger partial charge < -0.3 is 5.32 Å². The van der Waals surface area contributed by atoms with Crippen molar-refractivity contribution >= 4 is 27.7 Å². The third-order valence-corrected chi connectivity index (χ3v) is 2.24. The normalized spacial score (nSPS) is 10.1. The highest BCUT2D eigenvalue weighted by atomic mass is 79.9. The number of amides is 1. The highest BCUT2D eigenvalue weighted by molar-refractivity contribution is 9.10. The zero-order chi connectivity index (χ0) is 11.5. The molecule has 0 aliphatic carbocycles. The van der Waals surface area contributed by atoms with Gasteiger partial charge in [-0.2, -0.15) is 5.10 Å². The van der Waals surface area contributed by atoms with Gasteiger partial charge >= 0.3 is 0 Å². The lowest BCUT2D eigenvalue weighted by molar-refractivity contribution is 0.102. The van der Waals surface area contributed by atoms with E-state index in [0.29, 0.717) is 16.0 Å². The zero-order valence-corrected chi connectivity index (χ0v) is 9.97. The maximum atomic E-state index is 11.7. The fraction of sp³-hybridized carbons (Fsp3) is 0.111. The van der Waals surface area contributed by atoms with E-state index in [1.54, 1.807) is 17.9 Å². The number of anilines is 1. The van der Waals surface area contributed by atoms with Crippen molar-refractivity contribution in [3.05, 3.63) is 35.0 Å². The van der Waals surface area contributed by atoms with Gasteiger partial charge in [0.25, 0.3) is 5.91 Å². The maximum absolute atomic E-state index is 11.7. The van der Waals surface area contributed by atoms with Crippen LogP contribution in [0.25, 0.3) is 0 Å². The van der Waals surface area contributed by atoms with Crippen molar-refractivity contribution in [1.29, 1.82) is 0 Å². The van der Waals surface area contributed by atoms with Crippen molar-refractivity contribution in [1.82, 2.24) is 19.7 Å². The fourth-order valence-electron chi connectivity index (χ4n) is 1.10. The van der Waals surface area contributed by atoms with E-state index in [1.807, 2.05) is 0 Å². The van der Waals surface area contributed by atoms with E-state index in [0.717, 1.165) is 0 Å². The van der Waals surface area contributed by atoms with Gasteiger partial charge in [0.1, 0.15) is 4.60 Å². The first kappa shape index (κ1) is 10.7. The van der Waals surface area contributed by atoms with Crippen LogP contribution in [0.15, 0.2) is 29.4 Å². The first-order valence-electron chi connectivity index (χ1n) is 4.43. The number of carbonyl (C=O) groups excluding carboxylic acids is 1. The molecular weight excluding hydrogens is 274 g/mol. The lowest BCUT2D eigenvalue weighted by Gasteiger charge is -2.01. The van der Waals surface area contributed by atoms with E-state index >= 15 is 0 Å². The molecule has 0 bridgehead atoms. The average Bonchev–Trinajstić information content (AvgIpc) is 2.68. The van der Waals surface area contributed by atoms with Crippen LogP contribution in [-0.4, -0.2) is 25.7 Å². The van der Waals surface area contributed by atoms with Crippen LogP contribution in [0.4, 0.5) is 5.82 Å². The predicted octanol–water partition coefficient (Wildman–Crippen LogP) is 1.22. The van der Waals surface area contributed by atoms with Gasteiger partial charge in [-0.15, -0.1) is 0 Å². The van der Waals surface area contributed by atoms with E-state index in [1.165, 1.54) is 18.6 Å². The van der Waals surface area contributed by atoms with Crippen LogP contribution in [0.3, 0.4) is 0 Å². The number of nitrogens with zero attached hydrogens (tertiary/aromatic N) is 4. The minimum atomic E-state index is -0.260. The lowest BCUT2D eigenvalue weighted by Crippen LogP contribution is -2.12. The minimum absolute atomic E-state index is 0.260. The van der Waals surface area contributed by atoms with Gasteiger partial charge in [0.05, 0.1) is 24.2 Å². The standard InChI is InChI=1S/C9H8BrN5O/c1-15-5-6(2-13-15)9(16)14-8-4-11-7(10)3-12-8/h2-5H,1H3,(H,12,14,16). The highest BCUT2D eigenvalue weighted by Gasteiger charge is 2.08. The molecule has 7 heteroatoms. The van der Waals surface area contributed by atoms with E-state index in [9.17, 15) is 4.79 Å². The van der Waals surface area contributed by atoms with Crippen molar-refractivity contribution < 1.29 is 4.79 Å². The Morgan fingerprint density at radius 2 is 2.19 bits per heavy atom. The monoisotopic (exact) mass is 281 g/mol. The third kappa shape index (κ3) is 2.43. The summed E-state index contributed by atoms with van der Waals surface area (Å²) in [5.74, 6) is 0.141. The average molecular weight is 282 g/mol. The molecule has 2 rings (SSSR count). The van der Waals surface area contributed by atoms with Crippen LogP contribution >= 0.6 is 15.9 Å². The van der Waals surface area contributed by atoms with E-state index in [4.69, 9.17) is 0 Å². The molecule has 0 aliphatic heterocycles. The van der Waals surface area contributed by atoms with E-state index in [-0.39, 0.29) is 5.91 Å². The summed E-state index contributed by atoms with van der Waals surface area (Å²) in [6, 6.07) is 0. The molecular formula is C9H8BrN5O. The number of rotatable bonds is 2. The molecule has 1 amide bonds. The number of aromatic nitrogens is 4. The lowest BCUT2D eigenvalue weighted by atomic mass is 10.3. The Kier molecular flexibility index (Phi) is 2.95. The third-order valence-electron chi connectivity index (χ3n) is 1.83. The fourth-order valence-corrected chi connectivity index (χ4v) is 1.31. The summed E-state index contributed by atoms with van der Waals surface area (Å²) in [7, 11) is 1.75. The Bertz CT molecular complexity index is 507. The van der Waals surface area contributed by atoms with Gasteiger partial charge in [0, 0.05) is 13.2 Å². The zero-order valence-electron chi connectivity index (χ0n) is 8.38. The predicted molar refractivity (Wildman–Crippen MR) is 60.9 cm³/mol. The van der Waals surface area contributed by atoms with Crippen LogP contribution in [0.5, 0.6) is 0 Å². The number of aryl methyl sites for hydroxylation is 1. The Morgan fingerprint density at radius 1 is 1.38 bits per heavy atom. The number of hydrogen-bond donors (Lipinski definition) is 1. The topological polar surface area (TPSA) is 72.7 Å². The van der Waals surface area contributed by atoms with Crippen molar-refractivity contribution in [3.8, 4) is 0 Å². The van der Waals surface area contributed by atoms with Gasteiger partial charge in [0.2, 0.25) is 0 Å². The minimum Gasteiger partial charge on any atom is -0.305 e. The molecule has 0 saturated carbocycles. The molecule has 2 aromatic rings. The summed E-state index contributed by atoms with van der Waals surface area (Å²) in [4.78, 5) is 19.6. The van der Waals surface area contributed by atoms with Gasteiger partial charge in [0.15, 0.2) is 5.82 Å². The van der Waals surface area contributed by atoms with Crippen LogP contribution in [-0.2, 0) is 7.05 Å². The second-order valence-electron chi connectivity index (χ2n) is 3.08. The summed E-state index contributed by atoms with van der Waals surface area (Å²) in [5.41, 5.74) is 0.479. The second-order valence-corrected chi connectivity index (χ2v) is 3.89. The number of halogens is 1. The Morgan fingerprint density at radius 3 is 2.75 bits per heavy atom. The summed E-state index contributed by atoms with van der Waals surface area (Å²) < 4.78 is 2.18. The largest absolute Gasteiger partial charge is 0.305 e. The number of carbonyl (C=O) groups is 1. The molecule has 2 heterocycles. The molecule has 0 radical (unpaired) electrons. The molecule has 0 saturated heterocycles. The smallest absolute Gasteiger partial charge is 0.260 e. The molecule has 0 aromatic carbocycles. The Hall–Kier alpha value is -1.76. The Balaban J connectivity index is 2.10. The SMILES string of the molecule is Cn1cc(C(=O)Nc2cnc(Br)cn2)cn1. The molecule has 0 fully saturated rings. The van der Waals surface area contributed by atoms with Crippen molar-refractivity contribution in [2.24, 2.45) is 7.05 Å². The number of hydrogen-bond acceptors (Lipinski definition) is 4. The van der Waals surface area contributed by atoms with Gasteiger partial charge in [-0.3, -0.25) is 9.48 Å². The van der Waals surface area contributed by atoms with Gasteiger partial charge in [-0.05, 0) is 15.9 Å². The Labute approximate surface area is 99.8 Å². The molecule has 0 aliphatic rings. The summed E-state index contributed by atoms with van der Waals surface area (Å²) >= 11 is 3.16. The van der Waals surface area contributed by atoms with Gasteiger partial charge in [-0.25, -0.2) is 9.97 Å². The van der Waals surface area contributed by atoms with E-state index in [2.05, 4.69) is 36.3 Å².